The van der Waals surface area contributed by atoms with Crippen molar-refractivity contribution in [2.24, 2.45) is 11.5 Å². The smallest absolute Gasteiger partial charge is 0.326 e. The predicted molar refractivity (Wildman–Crippen MR) is 146 cm³/mol. The van der Waals surface area contributed by atoms with Crippen molar-refractivity contribution in [3.05, 3.63) is 65.9 Å². The molecule has 0 aliphatic carbocycles. The van der Waals surface area contributed by atoms with E-state index in [0.717, 1.165) is 10.9 Å². The Labute approximate surface area is 234 Å². The number of aliphatic carboxylic acids is 1. The maximum atomic E-state index is 13.3. The maximum absolute atomic E-state index is 13.3. The van der Waals surface area contributed by atoms with E-state index in [-0.39, 0.29) is 18.6 Å². The van der Waals surface area contributed by atoms with Gasteiger partial charge in [0.2, 0.25) is 23.6 Å². The van der Waals surface area contributed by atoms with Crippen molar-refractivity contribution in [3.8, 4) is 5.75 Å². The summed E-state index contributed by atoms with van der Waals surface area (Å²) in [5.74, 6) is -5.06. The number of carbonyl (C=O) groups is 5. The Bertz CT molecular complexity index is 1410. The molecule has 0 fully saturated rings. The number of para-hydroxylation sites is 1. The molecule has 3 rings (SSSR count). The first kappa shape index (κ1) is 30.6. The molecular weight excluding hydrogens is 536 g/mol. The number of primary amides is 1. The van der Waals surface area contributed by atoms with Crippen molar-refractivity contribution in [3.63, 3.8) is 0 Å². The number of carbonyl (C=O) groups excluding carboxylic acids is 4. The van der Waals surface area contributed by atoms with Crippen molar-refractivity contribution < 1.29 is 39.3 Å². The number of benzene rings is 2. The van der Waals surface area contributed by atoms with E-state index < -0.39 is 66.8 Å². The molecule has 41 heavy (non-hydrogen) atoms. The fourth-order valence-corrected chi connectivity index (χ4v) is 4.13. The monoisotopic (exact) mass is 568 g/mol. The van der Waals surface area contributed by atoms with Gasteiger partial charge in [0.25, 0.3) is 0 Å². The number of aromatic nitrogens is 1. The molecule has 0 aliphatic heterocycles. The zero-order valence-electron chi connectivity index (χ0n) is 21.9. The van der Waals surface area contributed by atoms with E-state index in [2.05, 4.69) is 20.9 Å². The number of aliphatic hydroxyl groups excluding tert-OH is 1. The third-order valence-electron chi connectivity index (χ3n) is 6.30. The summed E-state index contributed by atoms with van der Waals surface area (Å²) in [5, 5.41) is 36.3. The Kier molecular flexibility index (Phi) is 10.4. The van der Waals surface area contributed by atoms with E-state index in [4.69, 9.17) is 11.5 Å². The van der Waals surface area contributed by atoms with E-state index in [1.165, 1.54) is 12.1 Å². The number of rotatable bonds is 14. The molecule has 14 heteroatoms. The minimum Gasteiger partial charge on any atom is -0.508 e. The number of nitrogens with one attached hydrogen (secondary N) is 4. The molecule has 11 N–H and O–H groups in total. The summed E-state index contributed by atoms with van der Waals surface area (Å²) in [6.07, 6.45) is 1.05. The number of aromatic amines is 1. The first-order chi connectivity index (χ1) is 19.5. The number of hydrogen-bond acceptors (Lipinski definition) is 8. The highest BCUT2D eigenvalue weighted by Gasteiger charge is 2.31. The van der Waals surface area contributed by atoms with Crippen LogP contribution in [-0.2, 0) is 36.8 Å². The van der Waals surface area contributed by atoms with Gasteiger partial charge in [-0.05, 0) is 35.7 Å². The average Bonchev–Trinajstić information content (AvgIpc) is 3.34. The zero-order chi connectivity index (χ0) is 30.1. The topological polar surface area (TPSA) is 250 Å². The molecular formula is C27H32N6O8. The first-order valence-electron chi connectivity index (χ1n) is 12.6. The number of phenolic OH excluding ortho intramolecular Hbond substituents is 1. The highest BCUT2D eigenvalue weighted by molar-refractivity contribution is 5.95. The average molecular weight is 569 g/mol. The van der Waals surface area contributed by atoms with Crippen LogP contribution in [0.15, 0.2) is 54.7 Å². The molecule has 4 amide bonds. The van der Waals surface area contributed by atoms with Gasteiger partial charge >= 0.3 is 5.97 Å². The molecule has 0 saturated heterocycles. The molecule has 4 unspecified atom stereocenters. The van der Waals surface area contributed by atoms with Crippen molar-refractivity contribution in [2.45, 2.75) is 43.4 Å². The summed E-state index contributed by atoms with van der Waals surface area (Å²) in [4.78, 5) is 64.6. The van der Waals surface area contributed by atoms with Crippen molar-refractivity contribution >= 4 is 40.5 Å². The largest absolute Gasteiger partial charge is 0.508 e. The molecule has 1 aromatic heterocycles. The summed E-state index contributed by atoms with van der Waals surface area (Å²) in [5.41, 5.74) is 13.2. The van der Waals surface area contributed by atoms with Crippen LogP contribution in [0, 0.1) is 0 Å². The Hall–Kier alpha value is -4.95. The lowest BCUT2D eigenvalue weighted by atomic mass is 10.0. The lowest BCUT2D eigenvalue weighted by Gasteiger charge is -2.24. The van der Waals surface area contributed by atoms with E-state index in [1.807, 2.05) is 18.2 Å². The molecule has 218 valence electrons. The minimum atomic E-state index is -1.68. The van der Waals surface area contributed by atoms with Gasteiger partial charge in [0.05, 0.1) is 19.1 Å². The van der Waals surface area contributed by atoms with Gasteiger partial charge in [0.1, 0.15) is 23.9 Å². The van der Waals surface area contributed by atoms with E-state index >= 15 is 0 Å². The second-order valence-electron chi connectivity index (χ2n) is 9.42. The van der Waals surface area contributed by atoms with Gasteiger partial charge in [-0.3, -0.25) is 19.2 Å². The molecule has 14 nitrogen and oxygen atoms in total. The number of aliphatic hydroxyl groups is 1. The number of nitrogens with two attached hydrogens (primary N) is 2. The number of H-pyrrole nitrogens is 1. The van der Waals surface area contributed by atoms with E-state index in [1.54, 1.807) is 24.4 Å². The summed E-state index contributed by atoms with van der Waals surface area (Å²) >= 11 is 0. The summed E-state index contributed by atoms with van der Waals surface area (Å²) in [6.45, 7) is -0.908. The molecule has 0 bridgehead atoms. The molecule has 2 aromatic carbocycles. The molecule has 0 aliphatic rings. The second kappa shape index (κ2) is 13.9. The van der Waals surface area contributed by atoms with E-state index in [9.17, 15) is 39.3 Å². The fourth-order valence-electron chi connectivity index (χ4n) is 4.13. The lowest BCUT2D eigenvalue weighted by molar-refractivity contribution is -0.144. The molecule has 0 radical (unpaired) electrons. The van der Waals surface area contributed by atoms with Crippen LogP contribution in [0.3, 0.4) is 0 Å². The summed E-state index contributed by atoms with van der Waals surface area (Å²) in [6, 6.07) is 7.78. The number of carboxylic acid groups (broad SMARTS) is 1. The quantitative estimate of drug-likeness (QED) is 0.108. The summed E-state index contributed by atoms with van der Waals surface area (Å²) < 4.78 is 0. The van der Waals surface area contributed by atoms with Crippen LogP contribution in [0.4, 0.5) is 0 Å². The number of carboxylic acids is 1. The van der Waals surface area contributed by atoms with Gasteiger partial charge in [-0.1, -0.05) is 30.3 Å². The number of amides is 4. The number of phenols is 1. The number of fused-ring (bicyclic) bond motifs is 1. The Morgan fingerprint density at radius 2 is 1.44 bits per heavy atom. The van der Waals surface area contributed by atoms with Gasteiger partial charge in [-0.15, -0.1) is 0 Å². The fraction of sp³-hybridized carbons (Fsp3) is 0.296. The first-order valence-corrected chi connectivity index (χ1v) is 12.6. The zero-order valence-corrected chi connectivity index (χ0v) is 21.9. The van der Waals surface area contributed by atoms with Crippen LogP contribution in [0.1, 0.15) is 17.5 Å². The normalized spacial score (nSPS) is 13.9. The summed E-state index contributed by atoms with van der Waals surface area (Å²) in [7, 11) is 0. The van der Waals surface area contributed by atoms with Gasteiger partial charge in [-0.25, -0.2) is 4.79 Å². The van der Waals surface area contributed by atoms with E-state index in [0.29, 0.717) is 11.1 Å². The predicted octanol–water partition coefficient (Wildman–Crippen LogP) is -1.61. The molecule has 0 saturated carbocycles. The third-order valence-corrected chi connectivity index (χ3v) is 6.30. The Morgan fingerprint density at radius 3 is 2.07 bits per heavy atom. The van der Waals surface area contributed by atoms with Crippen LogP contribution < -0.4 is 27.4 Å². The Morgan fingerprint density at radius 1 is 0.829 bits per heavy atom. The maximum Gasteiger partial charge on any atom is 0.326 e. The van der Waals surface area contributed by atoms with Crippen LogP contribution in [0.25, 0.3) is 10.9 Å². The van der Waals surface area contributed by atoms with Crippen LogP contribution in [-0.4, -0.2) is 80.7 Å². The Balaban J connectivity index is 1.78. The lowest BCUT2D eigenvalue weighted by Crippen LogP contribution is -2.58. The molecule has 1 heterocycles. The van der Waals surface area contributed by atoms with Gasteiger partial charge < -0.3 is 47.7 Å². The van der Waals surface area contributed by atoms with Crippen LogP contribution in [0.5, 0.6) is 5.75 Å². The van der Waals surface area contributed by atoms with Crippen molar-refractivity contribution in [1.29, 1.82) is 0 Å². The van der Waals surface area contributed by atoms with Crippen molar-refractivity contribution in [1.82, 2.24) is 20.9 Å². The SMILES string of the molecule is NC(=O)CC(NC(=O)C(CO)NC(=O)C(Cc1c[nH]c2ccccc12)NC(=O)C(N)Cc1ccc(O)cc1)C(=O)O. The molecule has 0 spiro atoms. The van der Waals surface area contributed by atoms with Crippen LogP contribution >= 0.6 is 0 Å². The standard InChI is InChI=1S/C27H32N6O8/c28-18(9-14-5-7-16(35)8-6-14)24(37)31-20(10-15-12-30-19-4-2-1-3-17(15)19)25(38)33-22(13-34)26(39)32-21(27(40)41)11-23(29)36/h1-8,12,18,20-22,30,34-35H,9-11,13,28H2,(H2,29,36)(H,31,37)(H,32,39)(H,33,38)(H,40,41). The third kappa shape index (κ3) is 8.52. The highest BCUT2D eigenvalue weighted by atomic mass is 16.4. The van der Waals surface area contributed by atoms with Gasteiger partial charge in [-0.2, -0.15) is 0 Å². The minimum absolute atomic E-state index is 0.0211. The van der Waals surface area contributed by atoms with Gasteiger partial charge in [0.15, 0.2) is 0 Å². The molecule has 4 atom stereocenters. The van der Waals surface area contributed by atoms with Crippen molar-refractivity contribution in [2.75, 3.05) is 6.61 Å². The number of aromatic hydroxyl groups is 1. The van der Waals surface area contributed by atoms with Gasteiger partial charge in [0, 0.05) is 23.5 Å². The number of hydrogen-bond donors (Lipinski definition) is 9. The highest BCUT2D eigenvalue weighted by Crippen LogP contribution is 2.19. The second-order valence-corrected chi connectivity index (χ2v) is 9.42. The molecule has 3 aromatic rings. The van der Waals surface area contributed by atoms with Crippen LogP contribution in [0.2, 0.25) is 0 Å².